The fourth-order valence-corrected chi connectivity index (χ4v) is 5.21. The van der Waals surface area contributed by atoms with Crippen molar-refractivity contribution in [2.45, 2.75) is 51.4 Å². The number of unbranched alkanes of at least 4 members (excludes halogenated alkanes) is 2. The lowest BCUT2D eigenvalue weighted by Gasteiger charge is -2.19. The van der Waals surface area contributed by atoms with Crippen molar-refractivity contribution in [1.29, 1.82) is 0 Å². The van der Waals surface area contributed by atoms with Gasteiger partial charge in [-0.05, 0) is 62.5 Å². The predicted molar refractivity (Wildman–Crippen MR) is 174 cm³/mol. The number of nitrogens with two attached hydrogens (primary N) is 1. The van der Waals surface area contributed by atoms with Gasteiger partial charge in [0.1, 0.15) is 6.54 Å². The molecule has 0 unspecified atom stereocenters. The molecule has 2 rings (SSSR count). The van der Waals surface area contributed by atoms with Gasteiger partial charge in [-0.25, -0.2) is 14.2 Å². The molecular weight excluding hydrogens is 633 g/mol. The van der Waals surface area contributed by atoms with E-state index in [0.29, 0.717) is 38.5 Å². The Balaban J connectivity index is 1.65. The van der Waals surface area contributed by atoms with E-state index in [2.05, 4.69) is 4.76 Å². The van der Waals surface area contributed by atoms with Crippen LogP contribution in [0.15, 0.2) is 65.4 Å². The van der Waals surface area contributed by atoms with Crippen molar-refractivity contribution in [2.24, 2.45) is 10.5 Å². The van der Waals surface area contributed by atoms with Gasteiger partial charge < -0.3 is 34.7 Å². The van der Waals surface area contributed by atoms with Gasteiger partial charge in [-0.15, -0.1) is 4.76 Å². The molecule has 15 heteroatoms. The number of carbonyl (C=O) groups excluding carboxylic acids is 2. The van der Waals surface area contributed by atoms with E-state index in [9.17, 15) is 18.9 Å². The largest absolute Gasteiger partial charge is 0.508 e. The van der Waals surface area contributed by atoms with Gasteiger partial charge in [0.2, 0.25) is 5.96 Å². The molecule has 0 saturated heterocycles. The Hall–Kier alpha value is -4.13. The lowest BCUT2D eigenvalue weighted by molar-refractivity contribution is -0.137. The quantitative estimate of drug-likeness (QED) is 0.0487. The lowest BCUT2D eigenvalue weighted by Crippen LogP contribution is -2.37. The molecule has 3 N–H and O–H groups in total. The lowest BCUT2D eigenvalue weighted by atomic mass is 10.1. The van der Waals surface area contributed by atoms with Crippen molar-refractivity contribution in [1.82, 2.24) is 4.90 Å². The van der Waals surface area contributed by atoms with Crippen LogP contribution >= 0.6 is 7.75 Å². The van der Waals surface area contributed by atoms with E-state index in [-0.39, 0.29) is 45.6 Å². The molecule has 0 radical (unpaired) electrons. The zero-order valence-corrected chi connectivity index (χ0v) is 27.7. The maximum Gasteiger partial charge on any atom is 0.508 e. The maximum atomic E-state index is 13.3. The van der Waals surface area contributed by atoms with E-state index >= 15 is 0 Å². The van der Waals surface area contributed by atoms with Crippen LogP contribution in [0.4, 0.5) is 9.59 Å². The summed E-state index contributed by atoms with van der Waals surface area (Å²) in [5, 5.41) is 9.00. The predicted octanol–water partition coefficient (Wildman–Crippen LogP) is 5.59. The SMILES string of the molecule is CN(CC(=O)O)C(N)=NP(=O)(OCCCCOC(=O)OCCCc1ccccc1)OCCCCOC(=O)OCCCc1ccccc1. The fraction of sp³-hybridized carbons (Fsp3) is 0.500. The number of carbonyl (C=O) groups is 3. The van der Waals surface area contributed by atoms with Crippen LogP contribution in [0.25, 0.3) is 0 Å². The van der Waals surface area contributed by atoms with E-state index in [1.54, 1.807) is 0 Å². The van der Waals surface area contributed by atoms with E-state index in [1.807, 2.05) is 60.7 Å². The molecule has 0 aliphatic carbocycles. The summed E-state index contributed by atoms with van der Waals surface area (Å²) in [7, 11) is -2.76. The number of guanidine groups is 1. The van der Waals surface area contributed by atoms with Crippen LogP contribution in [0.2, 0.25) is 0 Å². The minimum Gasteiger partial charge on any atom is -0.480 e. The van der Waals surface area contributed by atoms with E-state index in [1.165, 1.54) is 7.05 Å². The first-order valence-electron chi connectivity index (χ1n) is 15.5. The Labute approximate surface area is 275 Å². The van der Waals surface area contributed by atoms with Gasteiger partial charge in [0.15, 0.2) is 0 Å². The molecule has 0 bridgehead atoms. The second kappa shape index (κ2) is 23.2. The van der Waals surface area contributed by atoms with E-state index in [0.717, 1.165) is 28.9 Å². The van der Waals surface area contributed by atoms with Crippen LogP contribution in [0, 0.1) is 0 Å². The Morgan fingerprint density at radius 1 is 0.681 bits per heavy atom. The Bertz CT molecular complexity index is 1190. The summed E-state index contributed by atoms with van der Waals surface area (Å²) in [6.45, 7) is -0.00886. The molecule has 14 nitrogen and oxygen atoms in total. The first-order valence-corrected chi connectivity index (χ1v) is 17.0. The van der Waals surface area contributed by atoms with Crippen molar-refractivity contribution in [3.8, 4) is 0 Å². The summed E-state index contributed by atoms with van der Waals surface area (Å²) in [6.07, 6.45) is 2.82. The smallest absolute Gasteiger partial charge is 0.480 e. The van der Waals surface area contributed by atoms with Crippen molar-refractivity contribution >= 4 is 32.0 Å². The number of hydrogen-bond acceptors (Lipinski definition) is 10. The molecule has 0 fully saturated rings. The minimum atomic E-state index is -4.13. The summed E-state index contributed by atoms with van der Waals surface area (Å²) in [4.78, 5) is 35.7. The molecule has 0 saturated carbocycles. The number of carboxylic acids is 1. The number of nitrogens with zero attached hydrogens (tertiary/aromatic N) is 2. The molecule has 2 aromatic carbocycles. The van der Waals surface area contributed by atoms with Gasteiger partial charge in [0.05, 0.1) is 39.6 Å². The number of likely N-dealkylation sites (N-methyl/N-ethyl adjacent to an activating group) is 1. The highest BCUT2D eigenvalue weighted by molar-refractivity contribution is 7.52. The van der Waals surface area contributed by atoms with Crippen molar-refractivity contribution < 1.29 is 52.1 Å². The average molecular weight is 680 g/mol. The number of rotatable bonds is 23. The number of aryl methyl sites for hydroxylation is 2. The van der Waals surface area contributed by atoms with Gasteiger partial charge in [-0.2, -0.15) is 0 Å². The Morgan fingerprint density at radius 3 is 1.47 bits per heavy atom. The molecule has 0 aliphatic rings. The summed E-state index contributed by atoms with van der Waals surface area (Å²) < 4.78 is 48.2. The highest BCUT2D eigenvalue weighted by atomic mass is 31.2. The first kappa shape index (κ1) is 39.1. The second-order valence-corrected chi connectivity index (χ2v) is 12.0. The summed E-state index contributed by atoms with van der Waals surface area (Å²) in [6, 6.07) is 19.7. The van der Waals surface area contributed by atoms with Gasteiger partial charge >= 0.3 is 26.0 Å². The normalized spacial score (nSPS) is 11.5. The highest BCUT2D eigenvalue weighted by Crippen LogP contribution is 2.50. The zero-order valence-electron chi connectivity index (χ0n) is 26.8. The standard InChI is InChI=1S/C32H46N3O11P/c1-35(26-29(36)37)30(33)34-47(40,45-24-10-8-20-41-31(38)43-22-12-18-27-14-4-2-5-15-27)46-25-11-9-21-42-32(39)44-23-13-19-28-16-6-3-7-17-28/h2-7,14-17H,8-13,18-26H2,1H3,(H,36,37)(H2,33,34,40). The third-order valence-corrected chi connectivity index (χ3v) is 7.83. The van der Waals surface area contributed by atoms with Gasteiger partial charge in [0, 0.05) is 7.05 Å². The highest BCUT2D eigenvalue weighted by Gasteiger charge is 2.26. The third kappa shape index (κ3) is 19.2. The van der Waals surface area contributed by atoms with Crippen LogP contribution in [-0.4, -0.2) is 87.5 Å². The molecule has 0 aliphatic heterocycles. The van der Waals surface area contributed by atoms with Crippen LogP contribution in [0.3, 0.4) is 0 Å². The summed E-state index contributed by atoms with van der Waals surface area (Å²) in [5.41, 5.74) is 8.14. The number of hydrogen-bond donors (Lipinski definition) is 2. The number of benzene rings is 2. The molecule has 47 heavy (non-hydrogen) atoms. The van der Waals surface area contributed by atoms with Gasteiger partial charge in [0.25, 0.3) is 0 Å². The average Bonchev–Trinajstić information content (AvgIpc) is 3.05. The number of aliphatic carboxylic acids is 1. The second-order valence-electron chi connectivity index (χ2n) is 10.3. The number of carboxylic acid groups (broad SMARTS) is 1. The van der Waals surface area contributed by atoms with Crippen molar-refractivity contribution in [2.75, 3.05) is 53.2 Å². The fourth-order valence-electron chi connectivity index (χ4n) is 3.90. The van der Waals surface area contributed by atoms with Crippen LogP contribution < -0.4 is 5.73 Å². The van der Waals surface area contributed by atoms with Crippen LogP contribution in [-0.2, 0) is 50.2 Å². The van der Waals surface area contributed by atoms with Crippen LogP contribution in [0.5, 0.6) is 0 Å². The van der Waals surface area contributed by atoms with E-state index in [4.69, 9.17) is 38.8 Å². The molecule has 0 atom stereocenters. The van der Waals surface area contributed by atoms with Crippen molar-refractivity contribution in [3.05, 3.63) is 71.8 Å². The van der Waals surface area contributed by atoms with Gasteiger partial charge in [-0.3, -0.25) is 13.8 Å². The Kier molecular flexibility index (Phi) is 19.3. The molecule has 2 aromatic rings. The molecule has 0 amide bonds. The monoisotopic (exact) mass is 679 g/mol. The van der Waals surface area contributed by atoms with Crippen LogP contribution in [0.1, 0.15) is 49.7 Å². The molecule has 260 valence electrons. The molecule has 0 aromatic heterocycles. The Morgan fingerprint density at radius 2 is 1.06 bits per heavy atom. The summed E-state index contributed by atoms with van der Waals surface area (Å²) >= 11 is 0. The first-order chi connectivity index (χ1) is 22.7. The summed E-state index contributed by atoms with van der Waals surface area (Å²) in [5.74, 6) is -1.50. The van der Waals surface area contributed by atoms with Gasteiger partial charge in [-0.1, -0.05) is 60.7 Å². The maximum absolute atomic E-state index is 13.3. The topological polar surface area (TPSA) is 186 Å². The zero-order chi connectivity index (χ0) is 34.2. The third-order valence-electron chi connectivity index (χ3n) is 6.36. The number of ether oxygens (including phenoxy) is 4. The molecular formula is C32H46N3O11P. The molecule has 0 heterocycles. The van der Waals surface area contributed by atoms with E-state index < -0.39 is 32.6 Å². The molecule has 0 spiro atoms. The van der Waals surface area contributed by atoms with Crippen molar-refractivity contribution in [3.63, 3.8) is 0 Å². The minimum absolute atomic E-state index is 0.0637.